The molecule has 1 fully saturated rings. The first-order valence-electron chi connectivity index (χ1n) is 5.72. The summed E-state index contributed by atoms with van der Waals surface area (Å²) in [5.41, 5.74) is 6.11. The van der Waals surface area contributed by atoms with Crippen LogP contribution in [0.3, 0.4) is 0 Å². The molecular weight excluding hydrogens is 192 g/mol. The molecule has 1 saturated heterocycles. The molecule has 4 nitrogen and oxygen atoms in total. The van der Waals surface area contributed by atoms with E-state index >= 15 is 0 Å². The lowest BCUT2D eigenvalue weighted by Gasteiger charge is -2.36. The first-order chi connectivity index (χ1) is 7.14. The minimum absolute atomic E-state index is 0.0490. The first-order valence-corrected chi connectivity index (χ1v) is 5.72. The Morgan fingerprint density at radius 2 is 1.87 bits per heavy atom. The Bertz CT molecular complexity index is 164. The summed E-state index contributed by atoms with van der Waals surface area (Å²) in [4.78, 5) is 2.42. The van der Waals surface area contributed by atoms with E-state index in [9.17, 15) is 0 Å². The molecule has 0 amide bonds. The number of hydrogen-bond donors (Lipinski definition) is 1. The molecule has 0 bridgehead atoms. The topological polar surface area (TPSA) is 47.7 Å². The van der Waals surface area contributed by atoms with Crippen molar-refractivity contribution in [2.75, 3.05) is 46.6 Å². The molecule has 1 aliphatic rings. The zero-order chi connectivity index (χ0) is 11.1. The van der Waals surface area contributed by atoms with E-state index in [0.717, 1.165) is 39.1 Å². The van der Waals surface area contributed by atoms with Crippen LogP contribution in [0, 0.1) is 0 Å². The lowest BCUT2D eigenvalue weighted by molar-refractivity contribution is 0.0500. The van der Waals surface area contributed by atoms with E-state index in [-0.39, 0.29) is 5.54 Å². The van der Waals surface area contributed by atoms with Gasteiger partial charge >= 0.3 is 0 Å². The van der Waals surface area contributed by atoms with Gasteiger partial charge in [0, 0.05) is 19.2 Å². The highest BCUT2D eigenvalue weighted by atomic mass is 16.5. The standard InChI is InChI=1S/C11H24N2O2/c1-11(12)3-5-13(6-4-11)7-8-15-10-9-14-2/h3-10,12H2,1-2H3. The third-order valence-electron chi connectivity index (χ3n) is 2.98. The van der Waals surface area contributed by atoms with Crippen LogP contribution in [0.25, 0.3) is 0 Å². The molecule has 0 aliphatic carbocycles. The SMILES string of the molecule is COCCOCCN1CCC(C)(N)CC1. The van der Waals surface area contributed by atoms with Gasteiger partial charge in [-0.2, -0.15) is 0 Å². The van der Waals surface area contributed by atoms with Gasteiger partial charge in [-0.1, -0.05) is 0 Å². The summed E-state index contributed by atoms with van der Waals surface area (Å²) in [5, 5.41) is 0. The highest BCUT2D eigenvalue weighted by Gasteiger charge is 2.25. The van der Waals surface area contributed by atoms with Crippen LogP contribution in [0.5, 0.6) is 0 Å². The van der Waals surface area contributed by atoms with Crippen LogP contribution in [0.2, 0.25) is 0 Å². The van der Waals surface area contributed by atoms with Crippen molar-refractivity contribution in [1.29, 1.82) is 0 Å². The van der Waals surface area contributed by atoms with Gasteiger partial charge < -0.3 is 20.1 Å². The second-order valence-electron chi connectivity index (χ2n) is 4.60. The number of nitrogens with zero attached hydrogens (tertiary/aromatic N) is 1. The zero-order valence-electron chi connectivity index (χ0n) is 10.00. The molecule has 0 unspecified atom stereocenters. The van der Waals surface area contributed by atoms with Gasteiger partial charge in [-0.25, -0.2) is 0 Å². The quantitative estimate of drug-likeness (QED) is 0.655. The van der Waals surface area contributed by atoms with E-state index < -0.39 is 0 Å². The molecule has 1 aliphatic heterocycles. The van der Waals surface area contributed by atoms with Gasteiger partial charge in [0.2, 0.25) is 0 Å². The molecule has 1 heterocycles. The molecule has 0 atom stereocenters. The van der Waals surface area contributed by atoms with Gasteiger partial charge in [0.25, 0.3) is 0 Å². The summed E-state index contributed by atoms with van der Waals surface area (Å²) < 4.78 is 10.3. The van der Waals surface area contributed by atoms with Crippen LogP contribution >= 0.6 is 0 Å². The minimum atomic E-state index is 0.0490. The summed E-state index contributed by atoms with van der Waals surface area (Å²) in [6.45, 7) is 7.52. The Morgan fingerprint density at radius 1 is 1.20 bits per heavy atom. The lowest BCUT2D eigenvalue weighted by atomic mass is 9.91. The molecule has 90 valence electrons. The highest BCUT2D eigenvalue weighted by molar-refractivity contribution is 4.85. The molecule has 4 heteroatoms. The lowest BCUT2D eigenvalue weighted by Crippen LogP contribution is -2.48. The summed E-state index contributed by atoms with van der Waals surface area (Å²) >= 11 is 0. The number of likely N-dealkylation sites (tertiary alicyclic amines) is 1. The number of rotatable bonds is 6. The van der Waals surface area contributed by atoms with E-state index in [2.05, 4.69) is 11.8 Å². The van der Waals surface area contributed by atoms with E-state index in [1.807, 2.05) is 0 Å². The Balaban J connectivity index is 1.99. The highest BCUT2D eigenvalue weighted by Crippen LogP contribution is 2.17. The van der Waals surface area contributed by atoms with Crippen LogP contribution in [-0.4, -0.2) is 57.0 Å². The Labute approximate surface area is 92.7 Å². The second-order valence-corrected chi connectivity index (χ2v) is 4.60. The molecule has 0 aromatic heterocycles. The van der Waals surface area contributed by atoms with E-state index in [4.69, 9.17) is 15.2 Å². The molecule has 2 N–H and O–H groups in total. The number of hydrogen-bond acceptors (Lipinski definition) is 4. The predicted molar refractivity (Wildman–Crippen MR) is 61.0 cm³/mol. The van der Waals surface area contributed by atoms with Gasteiger partial charge in [0.1, 0.15) is 0 Å². The maximum atomic E-state index is 6.06. The molecule has 0 radical (unpaired) electrons. The molecule has 1 rings (SSSR count). The molecule has 15 heavy (non-hydrogen) atoms. The fourth-order valence-electron chi connectivity index (χ4n) is 1.73. The fourth-order valence-corrected chi connectivity index (χ4v) is 1.73. The first kappa shape index (κ1) is 12.9. The average molecular weight is 216 g/mol. The van der Waals surface area contributed by atoms with E-state index in [0.29, 0.717) is 13.2 Å². The van der Waals surface area contributed by atoms with Gasteiger partial charge in [0.15, 0.2) is 0 Å². The number of ether oxygens (including phenoxy) is 2. The normalized spacial score (nSPS) is 21.8. The van der Waals surface area contributed by atoms with Gasteiger partial charge in [-0.05, 0) is 32.9 Å². The van der Waals surface area contributed by atoms with Crippen molar-refractivity contribution in [1.82, 2.24) is 4.90 Å². The summed E-state index contributed by atoms with van der Waals surface area (Å²) in [5.74, 6) is 0. The molecule has 0 saturated carbocycles. The maximum absolute atomic E-state index is 6.06. The predicted octanol–water partition coefficient (Wildman–Crippen LogP) is 0.463. The fraction of sp³-hybridized carbons (Fsp3) is 1.00. The minimum Gasteiger partial charge on any atom is -0.382 e. The number of piperidine rings is 1. The van der Waals surface area contributed by atoms with Crippen molar-refractivity contribution >= 4 is 0 Å². The second kappa shape index (κ2) is 6.43. The third kappa shape index (κ3) is 5.47. The van der Waals surface area contributed by atoms with Crippen LogP contribution in [0.1, 0.15) is 19.8 Å². The van der Waals surface area contributed by atoms with Gasteiger partial charge in [0.05, 0.1) is 19.8 Å². The van der Waals surface area contributed by atoms with Crippen LogP contribution in [-0.2, 0) is 9.47 Å². The summed E-state index contributed by atoms with van der Waals surface area (Å²) in [6.07, 6.45) is 2.18. The largest absolute Gasteiger partial charge is 0.382 e. The van der Waals surface area contributed by atoms with Crippen molar-refractivity contribution in [2.45, 2.75) is 25.3 Å². The van der Waals surface area contributed by atoms with Crippen molar-refractivity contribution in [3.63, 3.8) is 0 Å². The van der Waals surface area contributed by atoms with Crippen molar-refractivity contribution in [3.05, 3.63) is 0 Å². The maximum Gasteiger partial charge on any atom is 0.0700 e. The number of nitrogens with two attached hydrogens (primary N) is 1. The Hall–Kier alpha value is -0.160. The average Bonchev–Trinajstić information content (AvgIpc) is 2.20. The Morgan fingerprint density at radius 3 is 2.47 bits per heavy atom. The molecule has 0 aromatic rings. The van der Waals surface area contributed by atoms with Gasteiger partial charge in [-0.3, -0.25) is 0 Å². The van der Waals surface area contributed by atoms with Gasteiger partial charge in [-0.15, -0.1) is 0 Å². The van der Waals surface area contributed by atoms with Crippen LogP contribution in [0.4, 0.5) is 0 Å². The molecule has 0 spiro atoms. The summed E-state index contributed by atoms with van der Waals surface area (Å²) in [6, 6.07) is 0. The zero-order valence-corrected chi connectivity index (χ0v) is 10.00. The van der Waals surface area contributed by atoms with Crippen LogP contribution in [0.15, 0.2) is 0 Å². The van der Waals surface area contributed by atoms with E-state index in [1.54, 1.807) is 7.11 Å². The smallest absolute Gasteiger partial charge is 0.0700 e. The van der Waals surface area contributed by atoms with Crippen molar-refractivity contribution in [3.8, 4) is 0 Å². The van der Waals surface area contributed by atoms with Crippen molar-refractivity contribution < 1.29 is 9.47 Å². The van der Waals surface area contributed by atoms with Crippen LogP contribution < -0.4 is 5.73 Å². The van der Waals surface area contributed by atoms with Crippen molar-refractivity contribution in [2.24, 2.45) is 5.73 Å². The molecular formula is C11H24N2O2. The monoisotopic (exact) mass is 216 g/mol. The Kier molecular flexibility index (Phi) is 5.53. The third-order valence-corrected chi connectivity index (χ3v) is 2.98. The molecule has 0 aromatic carbocycles. The van der Waals surface area contributed by atoms with E-state index in [1.165, 1.54) is 0 Å². The summed E-state index contributed by atoms with van der Waals surface area (Å²) in [7, 11) is 1.69. The number of methoxy groups -OCH3 is 1.